The molecule has 0 fully saturated rings. The number of carboxylic acid groups (broad SMARTS) is 1. The van der Waals surface area contributed by atoms with E-state index >= 15 is 0 Å². The highest BCUT2D eigenvalue weighted by atomic mass is 16.4. The maximum Gasteiger partial charge on any atom is 0.308 e. The highest BCUT2D eigenvalue weighted by Crippen LogP contribution is 2.22. The van der Waals surface area contributed by atoms with E-state index in [1.807, 2.05) is 38.1 Å². The van der Waals surface area contributed by atoms with Crippen molar-refractivity contribution >= 4 is 17.6 Å². The highest BCUT2D eigenvalue weighted by Gasteiger charge is 2.22. The number of anilines is 1. The third-order valence-electron chi connectivity index (χ3n) is 3.05. The molecular formula is C15H21NO3. The fourth-order valence-electron chi connectivity index (χ4n) is 1.90. The lowest BCUT2D eigenvalue weighted by Crippen LogP contribution is -2.37. The molecule has 0 saturated heterocycles. The van der Waals surface area contributed by atoms with Crippen LogP contribution >= 0.6 is 0 Å². The van der Waals surface area contributed by atoms with Gasteiger partial charge in [0, 0.05) is 18.7 Å². The number of amides is 1. The van der Waals surface area contributed by atoms with Crippen molar-refractivity contribution in [2.75, 3.05) is 11.4 Å². The molecule has 0 bridgehead atoms. The van der Waals surface area contributed by atoms with Gasteiger partial charge in [-0.15, -0.1) is 0 Å². The Morgan fingerprint density at radius 2 is 1.95 bits per heavy atom. The van der Waals surface area contributed by atoms with Gasteiger partial charge in [-0.2, -0.15) is 0 Å². The molecule has 0 heterocycles. The van der Waals surface area contributed by atoms with Crippen LogP contribution in [0.4, 0.5) is 5.69 Å². The van der Waals surface area contributed by atoms with E-state index in [-0.39, 0.29) is 12.5 Å². The van der Waals surface area contributed by atoms with Gasteiger partial charge >= 0.3 is 5.97 Å². The number of carbonyl (C=O) groups excluding carboxylic acids is 1. The van der Waals surface area contributed by atoms with Crippen molar-refractivity contribution in [3.8, 4) is 0 Å². The van der Waals surface area contributed by atoms with Crippen LogP contribution in [0.25, 0.3) is 0 Å². The van der Waals surface area contributed by atoms with Crippen molar-refractivity contribution in [2.45, 2.75) is 33.6 Å². The first-order valence-electron chi connectivity index (χ1n) is 6.56. The summed E-state index contributed by atoms with van der Waals surface area (Å²) in [5, 5.41) is 9.02. The topological polar surface area (TPSA) is 57.6 Å². The number of carboxylic acids is 1. The fourth-order valence-corrected chi connectivity index (χ4v) is 1.90. The summed E-state index contributed by atoms with van der Waals surface area (Å²) in [7, 11) is 0. The number of nitrogens with zero attached hydrogens (tertiary/aromatic N) is 1. The molecular weight excluding hydrogens is 242 g/mol. The molecule has 104 valence electrons. The number of benzene rings is 1. The van der Waals surface area contributed by atoms with Crippen LogP contribution in [0.3, 0.4) is 0 Å². The van der Waals surface area contributed by atoms with E-state index in [9.17, 15) is 9.59 Å². The Bertz CT molecular complexity index is 456. The summed E-state index contributed by atoms with van der Waals surface area (Å²) in [6.45, 7) is 5.69. The Morgan fingerprint density at radius 1 is 1.32 bits per heavy atom. The minimum Gasteiger partial charge on any atom is -0.481 e. The van der Waals surface area contributed by atoms with Crippen LogP contribution in [0, 0.1) is 12.8 Å². The summed E-state index contributed by atoms with van der Waals surface area (Å²) in [6.07, 6.45) is 1.18. The molecule has 1 aromatic rings. The molecule has 1 aromatic carbocycles. The van der Waals surface area contributed by atoms with Crippen LogP contribution in [0.5, 0.6) is 0 Å². The number of aryl methyl sites for hydroxylation is 1. The first-order valence-corrected chi connectivity index (χ1v) is 6.56. The van der Waals surface area contributed by atoms with Crippen molar-refractivity contribution in [1.29, 1.82) is 0 Å². The van der Waals surface area contributed by atoms with Crippen molar-refractivity contribution in [2.24, 2.45) is 5.92 Å². The maximum absolute atomic E-state index is 12.2. The first kappa shape index (κ1) is 15.2. The third kappa shape index (κ3) is 4.09. The number of para-hydroxylation sites is 1. The zero-order valence-corrected chi connectivity index (χ0v) is 11.7. The number of rotatable bonds is 6. The Hall–Kier alpha value is -1.84. The van der Waals surface area contributed by atoms with Crippen molar-refractivity contribution in [3.63, 3.8) is 0 Å². The van der Waals surface area contributed by atoms with Crippen LogP contribution in [0.2, 0.25) is 0 Å². The van der Waals surface area contributed by atoms with Gasteiger partial charge in [0.15, 0.2) is 0 Å². The van der Waals surface area contributed by atoms with Gasteiger partial charge in [-0.1, -0.05) is 32.0 Å². The van der Waals surface area contributed by atoms with E-state index in [4.69, 9.17) is 5.11 Å². The summed E-state index contributed by atoms with van der Waals surface area (Å²) in [5.41, 5.74) is 1.78. The predicted octanol–water partition coefficient (Wildman–Crippen LogP) is 2.85. The summed E-state index contributed by atoms with van der Waals surface area (Å²) < 4.78 is 0. The van der Waals surface area contributed by atoms with Crippen molar-refractivity contribution in [3.05, 3.63) is 29.8 Å². The standard InChI is InChI=1S/C15H21NO3/c1-4-7-14(17)16(10-12(3)15(18)19)13-9-6-5-8-11(13)2/h5-6,8-9,12H,4,7,10H2,1-3H3,(H,18,19). The van der Waals surface area contributed by atoms with Gasteiger partial charge < -0.3 is 10.0 Å². The third-order valence-corrected chi connectivity index (χ3v) is 3.05. The molecule has 1 unspecified atom stereocenters. The zero-order valence-electron chi connectivity index (χ0n) is 11.7. The second-order valence-electron chi connectivity index (χ2n) is 4.78. The molecule has 4 nitrogen and oxygen atoms in total. The average Bonchev–Trinajstić information content (AvgIpc) is 2.36. The van der Waals surface area contributed by atoms with Gasteiger partial charge in [0.05, 0.1) is 5.92 Å². The van der Waals surface area contributed by atoms with E-state index in [0.29, 0.717) is 6.42 Å². The second kappa shape index (κ2) is 6.92. The lowest BCUT2D eigenvalue weighted by molar-refractivity contribution is -0.140. The molecule has 1 amide bonds. The lowest BCUT2D eigenvalue weighted by atomic mass is 10.1. The van der Waals surface area contributed by atoms with E-state index in [1.165, 1.54) is 0 Å². The van der Waals surface area contributed by atoms with Crippen LogP contribution in [0.15, 0.2) is 24.3 Å². The number of aliphatic carboxylic acids is 1. The minimum absolute atomic E-state index is 0.0232. The van der Waals surface area contributed by atoms with Gasteiger partial charge in [-0.25, -0.2) is 0 Å². The molecule has 1 atom stereocenters. The van der Waals surface area contributed by atoms with Crippen LogP contribution in [-0.2, 0) is 9.59 Å². The van der Waals surface area contributed by atoms with E-state index in [0.717, 1.165) is 17.7 Å². The first-order chi connectivity index (χ1) is 8.97. The van der Waals surface area contributed by atoms with Crippen LogP contribution in [-0.4, -0.2) is 23.5 Å². The SMILES string of the molecule is CCCC(=O)N(CC(C)C(=O)O)c1ccccc1C. The normalized spacial score (nSPS) is 11.9. The van der Waals surface area contributed by atoms with Crippen LogP contribution < -0.4 is 4.90 Å². The van der Waals surface area contributed by atoms with Crippen molar-refractivity contribution in [1.82, 2.24) is 0 Å². The maximum atomic E-state index is 12.2. The highest BCUT2D eigenvalue weighted by molar-refractivity contribution is 5.94. The number of hydrogen-bond donors (Lipinski definition) is 1. The van der Waals surface area contributed by atoms with Gasteiger partial charge in [-0.3, -0.25) is 9.59 Å². The molecule has 4 heteroatoms. The summed E-state index contributed by atoms with van der Waals surface area (Å²) in [6, 6.07) is 7.55. The molecule has 0 aliphatic carbocycles. The van der Waals surface area contributed by atoms with Gasteiger partial charge in [0.1, 0.15) is 0 Å². The van der Waals surface area contributed by atoms with E-state index < -0.39 is 11.9 Å². The van der Waals surface area contributed by atoms with E-state index in [2.05, 4.69) is 0 Å². The number of carbonyl (C=O) groups is 2. The molecule has 0 spiro atoms. The average molecular weight is 263 g/mol. The monoisotopic (exact) mass is 263 g/mol. The Labute approximate surface area is 114 Å². The molecule has 19 heavy (non-hydrogen) atoms. The number of hydrogen-bond acceptors (Lipinski definition) is 2. The second-order valence-corrected chi connectivity index (χ2v) is 4.78. The zero-order chi connectivity index (χ0) is 14.4. The Balaban J connectivity index is 3.02. The fraction of sp³-hybridized carbons (Fsp3) is 0.467. The largest absolute Gasteiger partial charge is 0.481 e. The van der Waals surface area contributed by atoms with E-state index in [1.54, 1.807) is 11.8 Å². The summed E-state index contributed by atoms with van der Waals surface area (Å²) >= 11 is 0. The minimum atomic E-state index is -0.886. The van der Waals surface area contributed by atoms with Gasteiger partial charge in [0.25, 0.3) is 0 Å². The lowest BCUT2D eigenvalue weighted by Gasteiger charge is -2.26. The van der Waals surface area contributed by atoms with Gasteiger partial charge in [-0.05, 0) is 25.0 Å². The van der Waals surface area contributed by atoms with Gasteiger partial charge in [0.2, 0.25) is 5.91 Å². The Kier molecular flexibility index (Phi) is 5.55. The summed E-state index contributed by atoms with van der Waals surface area (Å²) in [5.74, 6) is -1.49. The van der Waals surface area contributed by atoms with Crippen molar-refractivity contribution < 1.29 is 14.7 Å². The predicted molar refractivity (Wildman–Crippen MR) is 75.2 cm³/mol. The Morgan fingerprint density at radius 3 is 2.47 bits per heavy atom. The molecule has 1 N–H and O–H groups in total. The summed E-state index contributed by atoms with van der Waals surface area (Å²) in [4.78, 5) is 24.8. The van der Waals surface area contributed by atoms with Crippen LogP contribution in [0.1, 0.15) is 32.3 Å². The molecule has 0 saturated carbocycles. The quantitative estimate of drug-likeness (QED) is 0.858. The molecule has 0 aliphatic heterocycles. The molecule has 0 radical (unpaired) electrons. The molecule has 0 aliphatic rings. The molecule has 0 aromatic heterocycles. The molecule has 1 rings (SSSR count). The smallest absolute Gasteiger partial charge is 0.308 e.